The van der Waals surface area contributed by atoms with Crippen LogP contribution in [0, 0.1) is 0 Å². The molecule has 0 unspecified atom stereocenters. The first-order valence-corrected chi connectivity index (χ1v) is 9.64. The highest BCUT2D eigenvalue weighted by Crippen LogP contribution is 2.27. The molecule has 6 nitrogen and oxygen atoms in total. The van der Waals surface area contributed by atoms with Crippen LogP contribution >= 0.6 is 23.1 Å². The van der Waals surface area contributed by atoms with Crippen molar-refractivity contribution in [2.24, 2.45) is 0 Å². The van der Waals surface area contributed by atoms with Crippen molar-refractivity contribution in [1.29, 1.82) is 0 Å². The average Bonchev–Trinajstić information content (AvgIpc) is 3.13. The Bertz CT molecular complexity index is 869. The minimum atomic E-state index is -0.216. The van der Waals surface area contributed by atoms with Crippen molar-refractivity contribution in [2.45, 2.75) is 4.34 Å². The van der Waals surface area contributed by atoms with Crippen LogP contribution in [0.5, 0.6) is 0 Å². The lowest BCUT2D eigenvalue weighted by Crippen LogP contribution is -2.30. The second-order valence-electron chi connectivity index (χ2n) is 5.22. The number of anilines is 2. The summed E-state index contributed by atoms with van der Waals surface area (Å²) in [6.07, 6.45) is 0. The van der Waals surface area contributed by atoms with Crippen LogP contribution in [-0.4, -0.2) is 34.2 Å². The van der Waals surface area contributed by atoms with Crippen molar-refractivity contribution in [2.75, 3.05) is 17.6 Å². The van der Waals surface area contributed by atoms with Crippen molar-refractivity contribution >= 4 is 45.6 Å². The molecule has 0 atom stereocenters. The Morgan fingerprint density at radius 1 is 0.962 bits per heavy atom. The summed E-state index contributed by atoms with van der Waals surface area (Å²) in [6, 6.07) is 18.6. The Kier molecular flexibility index (Phi) is 6.34. The Balaban J connectivity index is 1.43. The Hall–Kier alpha value is -2.71. The van der Waals surface area contributed by atoms with Gasteiger partial charge >= 0.3 is 0 Å². The number of nitrogens with one attached hydrogen (secondary N) is 2. The summed E-state index contributed by atoms with van der Waals surface area (Å²) in [4.78, 5) is 23.9. The standard InChI is InChI=1S/C18H16N4O2S2/c23-15(13-7-3-1-4-8-13)11-19-16(24)12-25-18-22-21-17(26-18)20-14-9-5-2-6-10-14/h1-10H,11-12H2,(H,19,24)(H,20,21). The molecule has 0 radical (unpaired) electrons. The zero-order valence-electron chi connectivity index (χ0n) is 13.7. The maximum Gasteiger partial charge on any atom is 0.230 e. The summed E-state index contributed by atoms with van der Waals surface area (Å²) < 4.78 is 0.688. The number of aromatic nitrogens is 2. The Labute approximate surface area is 159 Å². The molecule has 2 N–H and O–H groups in total. The van der Waals surface area contributed by atoms with Gasteiger partial charge in [0.2, 0.25) is 11.0 Å². The second-order valence-corrected chi connectivity index (χ2v) is 7.42. The summed E-state index contributed by atoms with van der Waals surface area (Å²) in [7, 11) is 0. The van der Waals surface area contributed by atoms with E-state index in [4.69, 9.17) is 0 Å². The predicted molar refractivity (Wildman–Crippen MR) is 104 cm³/mol. The molecule has 0 spiro atoms. The number of nitrogens with zero attached hydrogens (tertiary/aromatic N) is 2. The van der Waals surface area contributed by atoms with E-state index < -0.39 is 0 Å². The number of benzene rings is 2. The monoisotopic (exact) mass is 384 g/mol. The molecule has 1 heterocycles. The third-order valence-electron chi connectivity index (χ3n) is 3.30. The van der Waals surface area contributed by atoms with Crippen LogP contribution in [0.15, 0.2) is 65.0 Å². The van der Waals surface area contributed by atoms with Crippen LogP contribution in [0.25, 0.3) is 0 Å². The van der Waals surface area contributed by atoms with E-state index in [0.717, 1.165) is 5.69 Å². The molecule has 1 aromatic heterocycles. The summed E-state index contributed by atoms with van der Waals surface area (Å²) in [6.45, 7) is -0.0136. The van der Waals surface area contributed by atoms with E-state index in [1.165, 1.54) is 23.1 Å². The molecule has 2 aromatic carbocycles. The van der Waals surface area contributed by atoms with E-state index in [-0.39, 0.29) is 24.0 Å². The number of amides is 1. The maximum absolute atomic E-state index is 12.0. The average molecular weight is 384 g/mol. The molecule has 3 rings (SSSR count). The fourth-order valence-electron chi connectivity index (χ4n) is 2.05. The van der Waals surface area contributed by atoms with Gasteiger partial charge in [0, 0.05) is 11.3 Å². The van der Waals surface area contributed by atoms with E-state index >= 15 is 0 Å². The number of rotatable bonds is 8. The van der Waals surface area contributed by atoms with Gasteiger partial charge in [0.1, 0.15) is 0 Å². The topological polar surface area (TPSA) is 84.0 Å². The third-order valence-corrected chi connectivity index (χ3v) is 5.27. The SMILES string of the molecule is O=C(CSc1nnc(Nc2ccccc2)s1)NCC(=O)c1ccccc1. The summed E-state index contributed by atoms with van der Waals surface area (Å²) >= 11 is 2.66. The maximum atomic E-state index is 12.0. The molecule has 0 fully saturated rings. The van der Waals surface area contributed by atoms with Gasteiger partial charge in [-0.05, 0) is 12.1 Å². The second kappa shape index (κ2) is 9.12. The molecule has 0 saturated carbocycles. The number of hydrogen-bond acceptors (Lipinski definition) is 7. The van der Waals surface area contributed by atoms with E-state index in [0.29, 0.717) is 15.0 Å². The predicted octanol–water partition coefficient (Wildman–Crippen LogP) is 3.37. The van der Waals surface area contributed by atoms with Crippen molar-refractivity contribution in [3.63, 3.8) is 0 Å². The lowest BCUT2D eigenvalue weighted by Gasteiger charge is -2.03. The zero-order valence-corrected chi connectivity index (χ0v) is 15.3. The number of carbonyl (C=O) groups is 2. The molecular formula is C18H16N4O2S2. The van der Waals surface area contributed by atoms with Gasteiger partial charge in [-0.25, -0.2) is 0 Å². The van der Waals surface area contributed by atoms with Gasteiger partial charge < -0.3 is 10.6 Å². The molecule has 1 amide bonds. The summed E-state index contributed by atoms with van der Waals surface area (Å²) in [5.74, 6) is -0.150. The van der Waals surface area contributed by atoms with Crippen molar-refractivity contribution in [3.05, 3.63) is 66.2 Å². The number of carbonyl (C=O) groups excluding carboxylic acids is 2. The molecule has 0 bridgehead atoms. The highest BCUT2D eigenvalue weighted by Gasteiger charge is 2.10. The van der Waals surface area contributed by atoms with Gasteiger partial charge in [0.15, 0.2) is 10.1 Å². The van der Waals surface area contributed by atoms with Crippen LogP contribution < -0.4 is 10.6 Å². The highest BCUT2D eigenvalue weighted by molar-refractivity contribution is 8.01. The number of Topliss-reactive ketones (excluding diaryl/α,β-unsaturated/α-hetero) is 1. The van der Waals surface area contributed by atoms with Crippen LogP contribution in [0.4, 0.5) is 10.8 Å². The summed E-state index contributed by atoms with van der Waals surface area (Å²) in [5, 5.41) is 14.6. The van der Waals surface area contributed by atoms with Gasteiger partial charge in [-0.1, -0.05) is 71.6 Å². The van der Waals surface area contributed by atoms with E-state index in [1.54, 1.807) is 24.3 Å². The van der Waals surface area contributed by atoms with Gasteiger partial charge in [-0.15, -0.1) is 10.2 Å². The minimum absolute atomic E-state index is 0.0136. The molecule has 132 valence electrons. The van der Waals surface area contributed by atoms with E-state index in [1.807, 2.05) is 36.4 Å². The van der Waals surface area contributed by atoms with Crippen LogP contribution in [0.3, 0.4) is 0 Å². The van der Waals surface area contributed by atoms with Crippen molar-refractivity contribution in [1.82, 2.24) is 15.5 Å². The van der Waals surface area contributed by atoms with Crippen LogP contribution in [-0.2, 0) is 4.79 Å². The molecular weight excluding hydrogens is 368 g/mol. The lowest BCUT2D eigenvalue weighted by molar-refractivity contribution is -0.118. The van der Waals surface area contributed by atoms with Gasteiger partial charge in [0.05, 0.1) is 12.3 Å². The number of para-hydroxylation sites is 1. The molecule has 0 aliphatic heterocycles. The molecule has 0 aliphatic rings. The number of thioether (sulfide) groups is 1. The fourth-order valence-corrected chi connectivity index (χ4v) is 3.65. The van der Waals surface area contributed by atoms with E-state index in [9.17, 15) is 9.59 Å². The largest absolute Gasteiger partial charge is 0.348 e. The first-order valence-electron chi connectivity index (χ1n) is 7.84. The van der Waals surface area contributed by atoms with E-state index in [2.05, 4.69) is 20.8 Å². The molecule has 26 heavy (non-hydrogen) atoms. The Morgan fingerprint density at radius 3 is 2.38 bits per heavy atom. The summed E-state index contributed by atoms with van der Waals surface area (Å²) in [5.41, 5.74) is 1.51. The minimum Gasteiger partial charge on any atom is -0.348 e. The smallest absolute Gasteiger partial charge is 0.230 e. The fraction of sp³-hybridized carbons (Fsp3) is 0.111. The van der Waals surface area contributed by atoms with Crippen LogP contribution in [0.1, 0.15) is 10.4 Å². The normalized spacial score (nSPS) is 10.3. The van der Waals surface area contributed by atoms with Gasteiger partial charge in [-0.2, -0.15) is 0 Å². The van der Waals surface area contributed by atoms with Gasteiger partial charge in [0.25, 0.3) is 0 Å². The molecule has 3 aromatic rings. The number of ketones is 1. The molecule has 0 saturated heterocycles. The Morgan fingerprint density at radius 2 is 1.65 bits per heavy atom. The van der Waals surface area contributed by atoms with Crippen molar-refractivity contribution in [3.8, 4) is 0 Å². The zero-order chi connectivity index (χ0) is 18.2. The van der Waals surface area contributed by atoms with Crippen LogP contribution in [0.2, 0.25) is 0 Å². The first kappa shape index (κ1) is 18.1. The highest BCUT2D eigenvalue weighted by atomic mass is 32.2. The molecule has 8 heteroatoms. The quantitative estimate of drug-likeness (QED) is 0.458. The number of hydrogen-bond donors (Lipinski definition) is 2. The third kappa shape index (κ3) is 5.40. The lowest BCUT2D eigenvalue weighted by atomic mass is 10.1. The molecule has 0 aliphatic carbocycles. The van der Waals surface area contributed by atoms with Crippen molar-refractivity contribution < 1.29 is 9.59 Å². The van der Waals surface area contributed by atoms with Gasteiger partial charge in [-0.3, -0.25) is 9.59 Å². The first-order chi connectivity index (χ1) is 12.7.